The first-order chi connectivity index (χ1) is 8.86. The molecule has 0 spiro atoms. The average molecular weight is 271 g/mol. The number of carbonyl (C=O) groups is 1. The third-order valence-electron chi connectivity index (χ3n) is 3.69. The Morgan fingerprint density at radius 2 is 1.78 bits per heavy atom. The fourth-order valence-corrected chi connectivity index (χ4v) is 3.49. The lowest BCUT2D eigenvalue weighted by Crippen LogP contribution is -2.43. The highest BCUT2D eigenvalue weighted by molar-refractivity contribution is 7.99. The number of carbonyl (C=O) groups excluding carboxylic acids is 1. The van der Waals surface area contributed by atoms with E-state index < -0.39 is 0 Å². The van der Waals surface area contributed by atoms with Crippen LogP contribution in [0, 0.1) is 0 Å². The Morgan fingerprint density at radius 3 is 2.50 bits per heavy atom. The predicted molar refractivity (Wildman–Crippen MR) is 77.1 cm³/mol. The standard InChI is InChI=1S/C13H25N3OS/c17-13(16-5-2-1-3-6-16)12-14-4-7-15-8-10-18-11-9-15/h14H,1-12H2. The zero-order valence-corrected chi connectivity index (χ0v) is 12.0. The molecule has 2 heterocycles. The van der Waals surface area contributed by atoms with Crippen LogP contribution in [0.15, 0.2) is 0 Å². The number of piperidine rings is 1. The van der Waals surface area contributed by atoms with E-state index in [1.807, 2.05) is 16.7 Å². The van der Waals surface area contributed by atoms with Crippen molar-refractivity contribution in [3.05, 3.63) is 0 Å². The molecule has 0 aromatic heterocycles. The molecule has 2 fully saturated rings. The van der Waals surface area contributed by atoms with E-state index in [1.54, 1.807) is 0 Å². The van der Waals surface area contributed by atoms with Crippen LogP contribution in [0.3, 0.4) is 0 Å². The van der Waals surface area contributed by atoms with Crippen LogP contribution in [0.25, 0.3) is 0 Å². The van der Waals surface area contributed by atoms with Gasteiger partial charge in [0.1, 0.15) is 0 Å². The smallest absolute Gasteiger partial charge is 0.236 e. The van der Waals surface area contributed by atoms with Crippen molar-refractivity contribution in [1.82, 2.24) is 15.1 Å². The maximum absolute atomic E-state index is 11.9. The van der Waals surface area contributed by atoms with Gasteiger partial charge in [-0.3, -0.25) is 4.79 Å². The Kier molecular flexibility index (Phi) is 6.31. The molecule has 104 valence electrons. The van der Waals surface area contributed by atoms with E-state index >= 15 is 0 Å². The van der Waals surface area contributed by atoms with Crippen LogP contribution < -0.4 is 5.32 Å². The summed E-state index contributed by atoms with van der Waals surface area (Å²) in [6.45, 7) is 6.85. The van der Waals surface area contributed by atoms with Crippen LogP contribution in [0.4, 0.5) is 0 Å². The summed E-state index contributed by atoms with van der Waals surface area (Å²) in [5.41, 5.74) is 0. The number of nitrogens with zero attached hydrogens (tertiary/aromatic N) is 2. The van der Waals surface area contributed by atoms with Crippen LogP contribution in [0.1, 0.15) is 19.3 Å². The fraction of sp³-hybridized carbons (Fsp3) is 0.923. The number of rotatable bonds is 5. The van der Waals surface area contributed by atoms with Gasteiger partial charge in [-0.1, -0.05) is 0 Å². The molecule has 2 aliphatic heterocycles. The number of hydrogen-bond acceptors (Lipinski definition) is 4. The van der Waals surface area contributed by atoms with Gasteiger partial charge in [0.25, 0.3) is 0 Å². The van der Waals surface area contributed by atoms with Crippen molar-refractivity contribution < 1.29 is 4.79 Å². The highest BCUT2D eigenvalue weighted by atomic mass is 32.2. The van der Waals surface area contributed by atoms with Crippen molar-refractivity contribution in [1.29, 1.82) is 0 Å². The van der Waals surface area contributed by atoms with Crippen molar-refractivity contribution in [3.63, 3.8) is 0 Å². The van der Waals surface area contributed by atoms with E-state index in [2.05, 4.69) is 10.2 Å². The van der Waals surface area contributed by atoms with Gasteiger partial charge in [0.2, 0.25) is 5.91 Å². The molecule has 0 saturated carbocycles. The molecule has 1 amide bonds. The molecule has 5 heteroatoms. The zero-order valence-electron chi connectivity index (χ0n) is 11.2. The predicted octanol–water partition coefficient (Wildman–Crippen LogP) is 0.637. The van der Waals surface area contributed by atoms with Crippen molar-refractivity contribution in [2.45, 2.75) is 19.3 Å². The summed E-state index contributed by atoms with van der Waals surface area (Å²) in [6.07, 6.45) is 3.64. The summed E-state index contributed by atoms with van der Waals surface area (Å²) < 4.78 is 0. The van der Waals surface area contributed by atoms with Crippen molar-refractivity contribution >= 4 is 17.7 Å². The summed E-state index contributed by atoms with van der Waals surface area (Å²) in [4.78, 5) is 16.4. The molecule has 4 nitrogen and oxygen atoms in total. The summed E-state index contributed by atoms with van der Waals surface area (Å²) in [5.74, 6) is 2.79. The van der Waals surface area contributed by atoms with E-state index in [0.29, 0.717) is 6.54 Å². The second kappa shape index (κ2) is 8.02. The molecule has 2 rings (SSSR count). The summed E-state index contributed by atoms with van der Waals surface area (Å²) >= 11 is 2.04. The van der Waals surface area contributed by atoms with Crippen LogP contribution >= 0.6 is 11.8 Å². The van der Waals surface area contributed by atoms with Gasteiger partial charge in [-0.2, -0.15) is 11.8 Å². The van der Waals surface area contributed by atoms with E-state index in [4.69, 9.17) is 0 Å². The van der Waals surface area contributed by atoms with E-state index in [-0.39, 0.29) is 5.91 Å². The van der Waals surface area contributed by atoms with Crippen LogP contribution in [0.5, 0.6) is 0 Å². The van der Waals surface area contributed by atoms with Gasteiger partial charge in [0.15, 0.2) is 0 Å². The van der Waals surface area contributed by atoms with Gasteiger partial charge in [0.05, 0.1) is 6.54 Å². The molecule has 2 aliphatic rings. The number of likely N-dealkylation sites (tertiary alicyclic amines) is 1. The lowest BCUT2D eigenvalue weighted by atomic mass is 10.1. The molecule has 0 aromatic rings. The lowest BCUT2D eigenvalue weighted by molar-refractivity contribution is -0.131. The highest BCUT2D eigenvalue weighted by Gasteiger charge is 2.15. The summed E-state index contributed by atoms with van der Waals surface area (Å²) in [7, 11) is 0. The number of nitrogens with one attached hydrogen (secondary N) is 1. The van der Waals surface area contributed by atoms with Crippen molar-refractivity contribution in [2.24, 2.45) is 0 Å². The quantitative estimate of drug-likeness (QED) is 0.744. The topological polar surface area (TPSA) is 35.6 Å². The van der Waals surface area contributed by atoms with Crippen LogP contribution in [0.2, 0.25) is 0 Å². The van der Waals surface area contributed by atoms with Crippen LogP contribution in [-0.2, 0) is 4.79 Å². The Bertz CT molecular complexity index is 251. The third kappa shape index (κ3) is 4.78. The average Bonchev–Trinajstić information content (AvgIpc) is 2.45. The maximum Gasteiger partial charge on any atom is 0.236 e. The molecule has 2 saturated heterocycles. The normalized spacial score (nSPS) is 22.1. The monoisotopic (exact) mass is 271 g/mol. The Hall–Kier alpha value is -0.260. The van der Waals surface area contributed by atoms with Gasteiger partial charge >= 0.3 is 0 Å². The van der Waals surface area contributed by atoms with E-state index in [1.165, 1.54) is 43.9 Å². The minimum Gasteiger partial charge on any atom is -0.342 e. The first-order valence-corrected chi connectivity index (χ1v) is 8.30. The number of amides is 1. The molecule has 0 radical (unpaired) electrons. The van der Waals surface area contributed by atoms with Gasteiger partial charge in [-0.15, -0.1) is 0 Å². The second-order valence-electron chi connectivity index (χ2n) is 5.07. The zero-order chi connectivity index (χ0) is 12.6. The highest BCUT2D eigenvalue weighted by Crippen LogP contribution is 2.09. The second-order valence-corrected chi connectivity index (χ2v) is 6.30. The molecule has 0 unspecified atom stereocenters. The molecule has 18 heavy (non-hydrogen) atoms. The van der Waals surface area contributed by atoms with Gasteiger partial charge in [0, 0.05) is 50.8 Å². The minimum atomic E-state index is 0.281. The van der Waals surface area contributed by atoms with Crippen LogP contribution in [-0.4, -0.2) is 73.0 Å². The number of hydrogen-bond donors (Lipinski definition) is 1. The van der Waals surface area contributed by atoms with Crippen molar-refractivity contribution in [2.75, 3.05) is 57.3 Å². The largest absolute Gasteiger partial charge is 0.342 e. The maximum atomic E-state index is 11.9. The Balaban J connectivity index is 1.52. The molecule has 0 atom stereocenters. The number of thioether (sulfide) groups is 1. The van der Waals surface area contributed by atoms with Gasteiger partial charge < -0.3 is 15.1 Å². The molecule has 0 aliphatic carbocycles. The third-order valence-corrected chi connectivity index (χ3v) is 4.64. The summed E-state index contributed by atoms with van der Waals surface area (Å²) in [6, 6.07) is 0. The van der Waals surface area contributed by atoms with Gasteiger partial charge in [-0.05, 0) is 19.3 Å². The molecule has 1 N–H and O–H groups in total. The minimum absolute atomic E-state index is 0.281. The molecular formula is C13H25N3OS. The van der Waals surface area contributed by atoms with E-state index in [0.717, 1.165) is 26.2 Å². The first-order valence-electron chi connectivity index (χ1n) is 7.15. The summed E-state index contributed by atoms with van der Waals surface area (Å²) in [5, 5.41) is 3.29. The fourth-order valence-electron chi connectivity index (χ4n) is 2.51. The molecule has 0 aromatic carbocycles. The Morgan fingerprint density at radius 1 is 1.06 bits per heavy atom. The lowest BCUT2D eigenvalue weighted by Gasteiger charge is -2.28. The molecular weight excluding hydrogens is 246 g/mol. The first kappa shape index (κ1) is 14.2. The Labute approximate surface area is 114 Å². The van der Waals surface area contributed by atoms with Gasteiger partial charge in [-0.25, -0.2) is 0 Å². The van der Waals surface area contributed by atoms with Crippen molar-refractivity contribution in [3.8, 4) is 0 Å². The molecule has 0 bridgehead atoms. The SMILES string of the molecule is O=C(CNCCN1CCSCC1)N1CCCCC1. The van der Waals surface area contributed by atoms with E-state index in [9.17, 15) is 4.79 Å².